The number of nitrogens with zero attached hydrogens (tertiary/aromatic N) is 2. The van der Waals surface area contributed by atoms with E-state index in [1.54, 1.807) is 11.8 Å². The summed E-state index contributed by atoms with van der Waals surface area (Å²) in [4.78, 5) is 4.28. The Hall–Kier alpha value is -1.23. The van der Waals surface area contributed by atoms with Crippen molar-refractivity contribution >= 4 is 16.9 Å². The molecule has 1 unspecified atom stereocenters. The molecule has 0 bridgehead atoms. The second-order valence-corrected chi connectivity index (χ2v) is 4.24. The fourth-order valence-corrected chi connectivity index (χ4v) is 2.17. The summed E-state index contributed by atoms with van der Waals surface area (Å²) in [6.45, 7) is 0. The van der Waals surface area contributed by atoms with Crippen LogP contribution in [0.5, 0.6) is 0 Å². The average molecular weight is 209 g/mol. The van der Waals surface area contributed by atoms with Crippen LogP contribution in [0.3, 0.4) is 0 Å². The molecule has 1 atom stereocenters. The standard InChI is InChI=1S/C9H11N3OS/c10-9-11-8(6-14-9)5-7-1-3-12(13)4-2-7/h1-4,8H,5-6H2,(H2,10,11). The predicted molar refractivity (Wildman–Crippen MR) is 57.0 cm³/mol. The lowest BCUT2D eigenvalue weighted by atomic mass is 10.1. The molecule has 0 amide bonds. The van der Waals surface area contributed by atoms with Gasteiger partial charge in [-0.25, -0.2) is 0 Å². The molecule has 2 heterocycles. The number of pyridine rings is 1. The minimum absolute atomic E-state index is 0.266. The number of nitrogens with two attached hydrogens (primary N) is 1. The molecule has 0 spiro atoms. The molecule has 0 saturated carbocycles. The third kappa shape index (κ3) is 2.17. The van der Waals surface area contributed by atoms with Gasteiger partial charge >= 0.3 is 0 Å². The van der Waals surface area contributed by atoms with Gasteiger partial charge in [0.25, 0.3) is 0 Å². The molecule has 2 N–H and O–H groups in total. The number of amidine groups is 1. The summed E-state index contributed by atoms with van der Waals surface area (Å²) in [5.41, 5.74) is 6.69. The van der Waals surface area contributed by atoms with E-state index in [0.717, 1.165) is 22.5 Å². The molecule has 0 fully saturated rings. The molecule has 1 aliphatic rings. The van der Waals surface area contributed by atoms with Gasteiger partial charge in [0.05, 0.1) is 6.04 Å². The first-order valence-corrected chi connectivity index (χ1v) is 5.36. The maximum atomic E-state index is 10.8. The normalized spacial score (nSPS) is 20.9. The molecule has 1 aliphatic heterocycles. The molecule has 0 aliphatic carbocycles. The van der Waals surface area contributed by atoms with Crippen molar-refractivity contribution in [3.05, 3.63) is 35.3 Å². The fraction of sp³-hybridized carbons (Fsp3) is 0.333. The highest BCUT2D eigenvalue weighted by molar-refractivity contribution is 8.14. The van der Waals surface area contributed by atoms with Gasteiger partial charge in [0.2, 0.25) is 0 Å². The van der Waals surface area contributed by atoms with Gasteiger partial charge in [0, 0.05) is 17.9 Å². The van der Waals surface area contributed by atoms with Crippen LogP contribution in [0.4, 0.5) is 0 Å². The van der Waals surface area contributed by atoms with Crippen molar-refractivity contribution in [2.24, 2.45) is 10.7 Å². The van der Waals surface area contributed by atoms with E-state index in [-0.39, 0.29) is 6.04 Å². The summed E-state index contributed by atoms with van der Waals surface area (Å²) in [6, 6.07) is 3.91. The molecular formula is C9H11N3OS. The number of hydrogen-bond donors (Lipinski definition) is 1. The lowest BCUT2D eigenvalue weighted by Crippen LogP contribution is -2.24. The second kappa shape index (κ2) is 3.88. The van der Waals surface area contributed by atoms with Gasteiger partial charge in [-0.1, -0.05) is 11.8 Å². The summed E-state index contributed by atoms with van der Waals surface area (Å²) in [6.07, 6.45) is 3.86. The largest absolute Gasteiger partial charge is 0.619 e. The first-order valence-electron chi connectivity index (χ1n) is 4.38. The number of aromatic nitrogens is 1. The molecule has 0 radical (unpaired) electrons. The zero-order valence-electron chi connectivity index (χ0n) is 7.59. The van der Waals surface area contributed by atoms with Crippen LogP contribution in [0.1, 0.15) is 5.56 Å². The van der Waals surface area contributed by atoms with Crippen molar-refractivity contribution in [1.82, 2.24) is 0 Å². The van der Waals surface area contributed by atoms with Crippen LogP contribution < -0.4 is 10.5 Å². The van der Waals surface area contributed by atoms with Crippen molar-refractivity contribution < 1.29 is 4.73 Å². The zero-order valence-corrected chi connectivity index (χ0v) is 8.41. The Bertz CT molecular complexity index is 350. The van der Waals surface area contributed by atoms with Gasteiger partial charge in [0.1, 0.15) is 0 Å². The quantitative estimate of drug-likeness (QED) is 0.562. The number of aliphatic imine (C=N–C) groups is 1. The maximum Gasteiger partial charge on any atom is 0.180 e. The van der Waals surface area contributed by atoms with Gasteiger partial charge in [-0.15, -0.1) is 0 Å². The van der Waals surface area contributed by atoms with E-state index in [4.69, 9.17) is 5.73 Å². The Morgan fingerprint density at radius 2 is 2.29 bits per heavy atom. The van der Waals surface area contributed by atoms with Crippen molar-refractivity contribution in [3.8, 4) is 0 Å². The second-order valence-electron chi connectivity index (χ2n) is 3.20. The van der Waals surface area contributed by atoms with E-state index in [9.17, 15) is 5.21 Å². The van der Waals surface area contributed by atoms with Crippen LogP contribution in [-0.4, -0.2) is 17.0 Å². The van der Waals surface area contributed by atoms with Crippen LogP contribution >= 0.6 is 11.8 Å². The lowest BCUT2D eigenvalue weighted by Gasteiger charge is -2.04. The van der Waals surface area contributed by atoms with Gasteiger partial charge < -0.3 is 10.9 Å². The monoisotopic (exact) mass is 209 g/mol. The Morgan fingerprint density at radius 3 is 2.86 bits per heavy atom. The van der Waals surface area contributed by atoms with E-state index in [1.165, 1.54) is 12.4 Å². The molecule has 0 saturated heterocycles. The fourth-order valence-electron chi connectivity index (χ4n) is 1.39. The van der Waals surface area contributed by atoms with Crippen LogP contribution in [0.15, 0.2) is 29.5 Å². The average Bonchev–Trinajstić information content (AvgIpc) is 2.56. The summed E-state index contributed by atoms with van der Waals surface area (Å²) in [7, 11) is 0. The van der Waals surface area contributed by atoms with Gasteiger partial charge in [0.15, 0.2) is 17.6 Å². The van der Waals surface area contributed by atoms with E-state index >= 15 is 0 Å². The van der Waals surface area contributed by atoms with Crippen molar-refractivity contribution in [3.63, 3.8) is 0 Å². The molecule has 5 heteroatoms. The van der Waals surface area contributed by atoms with Crippen molar-refractivity contribution in [1.29, 1.82) is 0 Å². The maximum absolute atomic E-state index is 10.8. The van der Waals surface area contributed by atoms with E-state index in [1.807, 2.05) is 12.1 Å². The highest BCUT2D eigenvalue weighted by atomic mass is 32.2. The number of hydrogen-bond acceptors (Lipinski definition) is 4. The molecule has 1 aromatic rings. The van der Waals surface area contributed by atoms with Crippen LogP contribution in [-0.2, 0) is 6.42 Å². The highest BCUT2D eigenvalue weighted by Crippen LogP contribution is 2.18. The Balaban J connectivity index is 2.01. The Kier molecular flexibility index (Phi) is 2.58. The molecule has 0 aromatic carbocycles. The summed E-state index contributed by atoms with van der Waals surface area (Å²) < 4.78 is 0.782. The lowest BCUT2D eigenvalue weighted by molar-refractivity contribution is -0.605. The Morgan fingerprint density at radius 1 is 1.57 bits per heavy atom. The highest BCUT2D eigenvalue weighted by Gasteiger charge is 2.16. The first kappa shape index (κ1) is 9.33. The molecule has 14 heavy (non-hydrogen) atoms. The minimum Gasteiger partial charge on any atom is -0.619 e. The topological polar surface area (TPSA) is 65.3 Å². The third-order valence-electron chi connectivity index (χ3n) is 2.08. The SMILES string of the molecule is NC1=NC(Cc2cc[n+]([O-])cc2)CS1. The third-order valence-corrected chi connectivity index (χ3v) is 3.03. The van der Waals surface area contributed by atoms with Gasteiger partial charge in [-0.2, -0.15) is 4.73 Å². The molecule has 1 aromatic heterocycles. The first-order chi connectivity index (χ1) is 6.74. The van der Waals surface area contributed by atoms with Crippen LogP contribution in [0, 0.1) is 5.21 Å². The van der Waals surface area contributed by atoms with Gasteiger partial charge in [-0.3, -0.25) is 4.99 Å². The predicted octanol–water partition coefficient (Wildman–Crippen LogP) is 0.293. The van der Waals surface area contributed by atoms with Gasteiger partial charge in [-0.05, 0) is 12.0 Å². The van der Waals surface area contributed by atoms with Crippen LogP contribution in [0.2, 0.25) is 0 Å². The van der Waals surface area contributed by atoms with E-state index < -0.39 is 0 Å². The summed E-state index contributed by atoms with van der Waals surface area (Å²) in [5.74, 6) is 0.943. The van der Waals surface area contributed by atoms with E-state index in [2.05, 4.69) is 4.99 Å². The van der Waals surface area contributed by atoms with Crippen molar-refractivity contribution in [2.75, 3.05) is 5.75 Å². The molecule has 2 rings (SSSR count). The number of rotatable bonds is 2. The molecule has 74 valence electrons. The summed E-state index contributed by atoms with van der Waals surface area (Å²) in [5, 5.41) is 11.4. The summed E-state index contributed by atoms with van der Waals surface area (Å²) >= 11 is 1.59. The van der Waals surface area contributed by atoms with Crippen LogP contribution in [0.25, 0.3) is 0 Å². The Labute approximate surface area is 86.4 Å². The zero-order chi connectivity index (χ0) is 9.97. The van der Waals surface area contributed by atoms with E-state index in [0.29, 0.717) is 5.17 Å². The smallest absolute Gasteiger partial charge is 0.180 e. The molecular weight excluding hydrogens is 198 g/mol. The minimum atomic E-state index is 0.266. The number of thioether (sulfide) groups is 1. The molecule has 4 nitrogen and oxygen atoms in total. The van der Waals surface area contributed by atoms with Crippen molar-refractivity contribution in [2.45, 2.75) is 12.5 Å².